The van der Waals surface area contributed by atoms with E-state index in [-0.39, 0.29) is 35.4 Å². The Balaban J connectivity index is 1.06. The number of hydrogen-bond acceptors (Lipinski definition) is 8. The molecule has 6 rings (SSSR count). The van der Waals surface area contributed by atoms with Gasteiger partial charge in [0.15, 0.2) is 0 Å². The van der Waals surface area contributed by atoms with Gasteiger partial charge in [0.2, 0.25) is 5.91 Å². The fourth-order valence-electron chi connectivity index (χ4n) is 6.69. The van der Waals surface area contributed by atoms with E-state index >= 15 is 0 Å². The highest BCUT2D eigenvalue weighted by Crippen LogP contribution is 2.50. The molecule has 40 heavy (non-hydrogen) atoms. The van der Waals surface area contributed by atoms with Gasteiger partial charge in [0, 0.05) is 41.5 Å². The molecule has 0 aliphatic heterocycles. The van der Waals surface area contributed by atoms with Crippen molar-refractivity contribution in [3.63, 3.8) is 0 Å². The summed E-state index contributed by atoms with van der Waals surface area (Å²) in [5, 5.41) is 23.7. The summed E-state index contributed by atoms with van der Waals surface area (Å²) >= 11 is 1.59. The molecule has 0 atom stereocenters. The Morgan fingerprint density at radius 1 is 1.05 bits per heavy atom. The molecule has 2 amide bonds. The highest BCUT2D eigenvalue weighted by atomic mass is 32.1. The van der Waals surface area contributed by atoms with E-state index in [4.69, 9.17) is 0 Å². The molecule has 3 saturated carbocycles. The summed E-state index contributed by atoms with van der Waals surface area (Å²) in [5.74, 6) is 0.570. The third-order valence-electron chi connectivity index (χ3n) is 8.82. The largest absolute Gasteiger partial charge is 0.390 e. The highest BCUT2D eigenvalue weighted by Gasteiger charge is 2.54. The molecule has 3 aromatic rings. The summed E-state index contributed by atoms with van der Waals surface area (Å²) < 4.78 is 1.10. The van der Waals surface area contributed by atoms with Crippen LogP contribution in [0.4, 0.5) is 17.2 Å². The maximum Gasteiger partial charge on any atom is 0.255 e. The van der Waals surface area contributed by atoms with Gasteiger partial charge in [-0.15, -0.1) is 11.3 Å². The number of nitrogens with one attached hydrogen (secondary N) is 4. The van der Waals surface area contributed by atoms with E-state index in [1.165, 1.54) is 0 Å². The van der Waals surface area contributed by atoms with Crippen molar-refractivity contribution >= 4 is 50.6 Å². The van der Waals surface area contributed by atoms with Gasteiger partial charge in [-0.1, -0.05) is 0 Å². The second kappa shape index (κ2) is 10.6. The molecule has 3 aliphatic carbocycles. The van der Waals surface area contributed by atoms with Crippen LogP contribution in [0.2, 0.25) is 0 Å². The topological polar surface area (TPSA) is 128 Å². The lowest BCUT2D eigenvalue weighted by Gasteiger charge is -2.33. The van der Waals surface area contributed by atoms with Gasteiger partial charge < -0.3 is 26.4 Å². The van der Waals surface area contributed by atoms with E-state index in [0.717, 1.165) is 73.0 Å². The van der Waals surface area contributed by atoms with Crippen molar-refractivity contribution in [2.75, 3.05) is 10.6 Å². The van der Waals surface area contributed by atoms with E-state index in [1.54, 1.807) is 17.5 Å². The van der Waals surface area contributed by atoms with Crippen LogP contribution in [-0.4, -0.2) is 50.1 Å². The molecule has 2 aromatic heterocycles. The minimum absolute atomic E-state index is 0.0219. The Morgan fingerprint density at radius 2 is 1.82 bits per heavy atom. The average molecular weight is 563 g/mol. The molecule has 5 N–H and O–H groups in total. The van der Waals surface area contributed by atoms with E-state index in [0.29, 0.717) is 17.8 Å². The number of anilines is 3. The zero-order valence-electron chi connectivity index (χ0n) is 23.1. The van der Waals surface area contributed by atoms with Crippen molar-refractivity contribution in [1.29, 1.82) is 0 Å². The number of aliphatic hydroxyl groups is 1. The van der Waals surface area contributed by atoms with E-state index < -0.39 is 5.60 Å². The minimum Gasteiger partial charge on any atom is -0.390 e. The number of carbonyl (C=O) groups is 2. The van der Waals surface area contributed by atoms with Gasteiger partial charge in [-0.3, -0.25) is 9.59 Å². The quantitative estimate of drug-likeness (QED) is 0.258. The van der Waals surface area contributed by atoms with Gasteiger partial charge in [0.05, 0.1) is 32.6 Å². The molecular formula is C30H38N6O3S. The molecule has 212 valence electrons. The summed E-state index contributed by atoms with van der Waals surface area (Å²) in [5.41, 5.74) is 4.16. The molecule has 0 unspecified atom stereocenters. The fourth-order valence-corrected chi connectivity index (χ4v) is 7.41. The number of aromatic nitrogens is 2. The summed E-state index contributed by atoms with van der Waals surface area (Å²) in [6.45, 7) is 4.08. The SMILES string of the molecule is CC(C)Nc1cc(Nc2ccc3ncsc3c2)ncc1C(=O)NC1CCC(C(=O)NC23CCC(O)(CC2)C3)CC1. The van der Waals surface area contributed by atoms with Crippen LogP contribution in [0, 0.1) is 5.92 Å². The van der Waals surface area contributed by atoms with Crippen LogP contribution in [-0.2, 0) is 4.79 Å². The molecule has 1 aromatic carbocycles. The maximum absolute atomic E-state index is 13.3. The number of nitrogens with zero attached hydrogens (tertiary/aromatic N) is 2. The van der Waals surface area contributed by atoms with Crippen molar-refractivity contribution in [1.82, 2.24) is 20.6 Å². The second-order valence-electron chi connectivity index (χ2n) is 12.3. The van der Waals surface area contributed by atoms with Crippen molar-refractivity contribution < 1.29 is 14.7 Å². The standard InChI is InChI=1S/C30H38N6O3S/c1-18(2)33-24-14-26(34-21-7-8-23-25(13-21)40-17-32-23)31-15-22(24)28(38)35-20-5-3-19(4-6-20)27(37)36-29-9-11-30(39,16-29)12-10-29/h7-8,13-15,17-20,39H,3-6,9-12,16H2,1-2H3,(H,35,38)(H,36,37)(H2,31,33,34). The molecule has 2 heterocycles. The molecule has 3 aliphatic rings. The predicted octanol–water partition coefficient (Wildman–Crippen LogP) is 5.11. The van der Waals surface area contributed by atoms with Crippen molar-refractivity contribution in [2.24, 2.45) is 5.92 Å². The van der Waals surface area contributed by atoms with Gasteiger partial charge in [-0.2, -0.15) is 0 Å². The number of pyridine rings is 1. The lowest BCUT2D eigenvalue weighted by Crippen LogP contribution is -2.49. The Labute approximate surface area is 238 Å². The van der Waals surface area contributed by atoms with Crippen LogP contribution in [0.25, 0.3) is 10.2 Å². The number of rotatable bonds is 8. The van der Waals surface area contributed by atoms with Crippen molar-refractivity contribution in [3.8, 4) is 0 Å². The maximum atomic E-state index is 13.3. The zero-order chi connectivity index (χ0) is 27.9. The number of fused-ring (bicyclic) bond motifs is 3. The first-order valence-electron chi connectivity index (χ1n) is 14.4. The van der Waals surface area contributed by atoms with Crippen LogP contribution in [0.3, 0.4) is 0 Å². The van der Waals surface area contributed by atoms with Gasteiger partial charge in [0.1, 0.15) is 5.82 Å². The molecule has 2 bridgehead atoms. The number of amides is 2. The monoisotopic (exact) mass is 562 g/mol. The Hall–Kier alpha value is -3.24. The minimum atomic E-state index is -0.572. The predicted molar refractivity (Wildman–Crippen MR) is 158 cm³/mol. The summed E-state index contributed by atoms with van der Waals surface area (Å²) in [6.07, 6.45) is 8.65. The van der Waals surface area contributed by atoms with Gasteiger partial charge in [-0.05, 0) is 89.8 Å². The first kappa shape index (κ1) is 27.0. The molecule has 0 radical (unpaired) electrons. The average Bonchev–Trinajstić information content (AvgIpc) is 3.61. The number of carbonyl (C=O) groups excluding carboxylic acids is 2. The Kier molecular flexibility index (Phi) is 7.16. The third kappa shape index (κ3) is 5.65. The van der Waals surface area contributed by atoms with Gasteiger partial charge in [0.25, 0.3) is 5.91 Å². The summed E-state index contributed by atoms with van der Waals surface area (Å²) in [4.78, 5) is 35.3. The molecular weight excluding hydrogens is 524 g/mol. The molecule has 9 nitrogen and oxygen atoms in total. The number of hydrogen-bond donors (Lipinski definition) is 5. The fraction of sp³-hybridized carbons (Fsp3) is 0.533. The third-order valence-corrected chi connectivity index (χ3v) is 9.62. The summed E-state index contributed by atoms with van der Waals surface area (Å²) in [6, 6.07) is 8.03. The second-order valence-corrected chi connectivity index (χ2v) is 13.2. The lowest BCUT2D eigenvalue weighted by atomic mass is 9.84. The zero-order valence-corrected chi connectivity index (χ0v) is 23.9. The van der Waals surface area contributed by atoms with E-state index in [1.807, 2.05) is 43.6 Å². The Bertz CT molecular complexity index is 1410. The van der Waals surface area contributed by atoms with Crippen LogP contribution >= 0.6 is 11.3 Å². The first-order chi connectivity index (χ1) is 19.2. The van der Waals surface area contributed by atoms with Crippen LogP contribution in [0.15, 0.2) is 36.0 Å². The lowest BCUT2D eigenvalue weighted by molar-refractivity contribution is -0.128. The van der Waals surface area contributed by atoms with Gasteiger partial charge in [-0.25, -0.2) is 9.97 Å². The first-order valence-corrected chi connectivity index (χ1v) is 15.3. The van der Waals surface area contributed by atoms with Crippen LogP contribution in [0.5, 0.6) is 0 Å². The van der Waals surface area contributed by atoms with Crippen LogP contribution < -0.4 is 21.3 Å². The van der Waals surface area contributed by atoms with Crippen molar-refractivity contribution in [3.05, 3.63) is 41.5 Å². The van der Waals surface area contributed by atoms with E-state index in [9.17, 15) is 14.7 Å². The smallest absolute Gasteiger partial charge is 0.255 e. The molecule has 0 spiro atoms. The number of thiazole rings is 1. The molecule has 3 fully saturated rings. The normalized spacial score (nSPS) is 27.6. The highest BCUT2D eigenvalue weighted by molar-refractivity contribution is 7.16. The molecule has 0 saturated heterocycles. The van der Waals surface area contributed by atoms with Crippen molar-refractivity contribution in [2.45, 2.75) is 94.9 Å². The summed E-state index contributed by atoms with van der Waals surface area (Å²) in [7, 11) is 0. The molecule has 10 heteroatoms. The Morgan fingerprint density at radius 3 is 2.52 bits per heavy atom. The van der Waals surface area contributed by atoms with Crippen LogP contribution in [0.1, 0.15) is 82.0 Å². The van der Waals surface area contributed by atoms with E-state index in [2.05, 4.69) is 31.2 Å². The number of benzene rings is 1. The van der Waals surface area contributed by atoms with Gasteiger partial charge >= 0.3 is 0 Å².